The van der Waals surface area contributed by atoms with E-state index in [1.54, 1.807) is 6.08 Å². The highest BCUT2D eigenvalue weighted by Crippen LogP contribution is 2.63. The zero-order valence-corrected chi connectivity index (χ0v) is 16.3. The Morgan fingerprint density at radius 2 is 1.89 bits per heavy atom. The van der Waals surface area contributed by atoms with Crippen molar-refractivity contribution in [2.45, 2.75) is 51.7 Å². The number of aliphatic carboxylic acids is 1. The summed E-state index contributed by atoms with van der Waals surface area (Å²) in [6.07, 6.45) is 7.99. The number of carboxylic acids is 1. The SMILES string of the molecule is CC1(C)CCC[C@@]2(C)[C@@H]1[C@H](OC(=O)/C=C/C=C/C(=O)O)C=C1COC(=O)[C@@]12O. The summed E-state index contributed by atoms with van der Waals surface area (Å²) < 4.78 is 10.9. The van der Waals surface area contributed by atoms with Crippen LogP contribution in [0.15, 0.2) is 36.0 Å². The van der Waals surface area contributed by atoms with Crippen molar-refractivity contribution >= 4 is 17.9 Å². The Labute approximate surface area is 163 Å². The Balaban J connectivity index is 1.94. The largest absolute Gasteiger partial charge is 0.478 e. The molecule has 2 fully saturated rings. The van der Waals surface area contributed by atoms with E-state index in [0.29, 0.717) is 12.0 Å². The molecule has 1 saturated heterocycles. The zero-order valence-electron chi connectivity index (χ0n) is 16.3. The molecule has 3 rings (SSSR count). The van der Waals surface area contributed by atoms with Crippen LogP contribution in [0.4, 0.5) is 0 Å². The van der Waals surface area contributed by atoms with E-state index in [9.17, 15) is 19.5 Å². The Hall–Kier alpha value is -2.41. The lowest BCUT2D eigenvalue weighted by molar-refractivity contribution is -0.194. The molecule has 0 bridgehead atoms. The molecule has 1 saturated carbocycles. The maximum Gasteiger partial charge on any atom is 0.343 e. The van der Waals surface area contributed by atoms with Crippen LogP contribution in [0.25, 0.3) is 0 Å². The fourth-order valence-corrected chi connectivity index (χ4v) is 5.39. The van der Waals surface area contributed by atoms with E-state index in [0.717, 1.165) is 25.0 Å². The molecule has 2 aliphatic carbocycles. The van der Waals surface area contributed by atoms with E-state index in [-0.39, 0.29) is 17.9 Å². The zero-order chi connectivity index (χ0) is 20.7. The molecule has 2 N–H and O–H groups in total. The molecule has 152 valence electrons. The van der Waals surface area contributed by atoms with Crippen molar-refractivity contribution in [3.63, 3.8) is 0 Å². The molecule has 7 nitrogen and oxygen atoms in total. The van der Waals surface area contributed by atoms with Crippen LogP contribution in [0.3, 0.4) is 0 Å². The minimum absolute atomic E-state index is 0.0106. The van der Waals surface area contributed by atoms with E-state index >= 15 is 0 Å². The molecule has 4 atom stereocenters. The molecule has 0 spiro atoms. The molecule has 3 aliphatic rings. The number of carbonyl (C=O) groups excluding carboxylic acids is 2. The lowest BCUT2D eigenvalue weighted by atomic mass is 9.46. The first-order valence-corrected chi connectivity index (χ1v) is 9.41. The van der Waals surface area contributed by atoms with Gasteiger partial charge in [-0.15, -0.1) is 0 Å². The second-order valence-corrected chi connectivity index (χ2v) is 8.67. The Morgan fingerprint density at radius 1 is 1.21 bits per heavy atom. The number of rotatable bonds is 4. The first kappa shape index (κ1) is 20.3. The molecular weight excluding hydrogens is 364 g/mol. The molecule has 0 amide bonds. The highest BCUT2D eigenvalue weighted by atomic mass is 16.6. The minimum atomic E-state index is -1.70. The Morgan fingerprint density at radius 3 is 2.57 bits per heavy atom. The Bertz CT molecular complexity index is 791. The first-order valence-electron chi connectivity index (χ1n) is 9.41. The smallest absolute Gasteiger partial charge is 0.343 e. The van der Waals surface area contributed by atoms with Crippen LogP contribution in [0.1, 0.15) is 40.0 Å². The third-order valence-corrected chi connectivity index (χ3v) is 6.52. The molecule has 1 aliphatic heterocycles. The van der Waals surface area contributed by atoms with Crippen LogP contribution in [-0.2, 0) is 23.9 Å². The average molecular weight is 390 g/mol. The highest BCUT2D eigenvalue weighted by molar-refractivity contribution is 5.89. The summed E-state index contributed by atoms with van der Waals surface area (Å²) in [5.74, 6) is -2.64. The second kappa shape index (κ2) is 6.88. The first-order chi connectivity index (χ1) is 13.0. The number of ether oxygens (including phenoxy) is 2. The standard InChI is InChI=1S/C21H26O7/c1-19(2)9-6-10-20(3)17(19)14(11-13-12-27-18(25)21(13,20)26)28-16(24)8-5-4-7-15(22)23/h4-5,7-8,11,14,17,26H,6,9-10,12H2,1-3H3,(H,22,23)/b7-4+,8-5+/t14-,17-,20+,21+/m1/s1. The van der Waals surface area contributed by atoms with Crippen LogP contribution in [0.5, 0.6) is 0 Å². The van der Waals surface area contributed by atoms with Gasteiger partial charge in [-0.3, -0.25) is 0 Å². The van der Waals surface area contributed by atoms with Gasteiger partial charge in [0.05, 0.1) is 0 Å². The summed E-state index contributed by atoms with van der Waals surface area (Å²) in [6.45, 7) is 5.99. The molecule has 28 heavy (non-hydrogen) atoms. The fourth-order valence-electron chi connectivity index (χ4n) is 5.39. The summed E-state index contributed by atoms with van der Waals surface area (Å²) in [5, 5.41) is 20.0. The average Bonchev–Trinajstić information content (AvgIpc) is 2.87. The molecule has 1 heterocycles. The predicted molar refractivity (Wildman–Crippen MR) is 99.0 cm³/mol. The molecule has 0 aromatic heterocycles. The van der Waals surface area contributed by atoms with E-state index in [1.165, 1.54) is 12.2 Å². The number of hydrogen-bond donors (Lipinski definition) is 2. The van der Waals surface area contributed by atoms with Gasteiger partial charge in [0.25, 0.3) is 0 Å². The maximum absolute atomic E-state index is 12.5. The minimum Gasteiger partial charge on any atom is -0.478 e. The van der Waals surface area contributed by atoms with Gasteiger partial charge in [0, 0.05) is 29.1 Å². The summed E-state index contributed by atoms with van der Waals surface area (Å²) in [5.41, 5.74) is -2.34. The van der Waals surface area contributed by atoms with Gasteiger partial charge in [0.2, 0.25) is 0 Å². The molecule has 0 radical (unpaired) electrons. The molecule has 0 aromatic carbocycles. The number of fused-ring (bicyclic) bond motifs is 3. The lowest BCUT2D eigenvalue weighted by Crippen LogP contribution is -2.65. The van der Waals surface area contributed by atoms with Crippen molar-refractivity contribution in [1.29, 1.82) is 0 Å². The summed E-state index contributed by atoms with van der Waals surface area (Å²) in [6, 6.07) is 0. The number of allylic oxidation sites excluding steroid dienone is 2. The van der Waals surface area contributed by atoms with Crippen LogP contribution in [-0.4, -0.2) is 46.4 Å². The van der Waals surface area contributed by atoms with Gasteiger partial charge in [-0.05, 0) is 24.3 Å². The van der Waals surface area contributed by atoms with Crippen molar-refractivity contribution in [1.82, 2.24) is 0 Å². The van der Waals surface area contributed by atoms with Crippen LogP contribution in [0, 0.1) is 16.7 Å². The van der Waals surface area contributed by atoms with E-state index in [1.807, 2.05) is 6.92 Å². The van der Waals surface area contributed by atoms with Crippen molar-refractivity contribution in [2.75, 3.05) is 6.61 Å². The third-order valence-electron chi connectivity index (χ3n) is 6.52. The van der Waals surface area contributed by atoms with E-state index < -0.39 is 35.0 Å². The molecular formula is C21H26O7. The summed E-state index contributed by atoms with van der Waals surface area (Å²) in [4.78, 5) is 35.3. The number of cyclic esters (lactones) is 1. The van der Waals surface area contributed by atoms with Gasteiger partial charge in [0.15, 0.2) is 5.60 Å². The van der Waals surface area contributed by atoms with Crippen molar-refractivity contribution < 1.29 is 34.1 Å². The van der Waals surface area contributed by atoms with E-state index in [2.05, 4.69) is 13.8 Å². The fraction of sp³-hybridized carbons (Fsp3) is 0.571. The van der Waals surface area contributed by atoms with E-state index in [4.69, 9.17) is 14.6 Å². The van der Waals surface area contributed by atoms with Crippen molar-refractivity contribution in [3.8, 4) is 0 Å². The monoisotopic (exact) mass is 390 g/mol. The number of carbonyl (C=O) groups is 3. The Kier molecular flexibility index (Phi) is 5.00. The van der Waals surface area contributed by atoms with Gasteiger partial charge in [0.1, 0.15) is 12.7 Å². The van der Waals surface area contributed by atoms with Crippen LogP contribution < -0.4 is 0 Å². The molecule has 0 unspecified atom stereocenters. The van der Waals surface area contributed by atoms with Gasteiger partial charge >= 0.3 is 17.9 Å². The van der Waals surface area contributed by atoms with Gasteiger partial charge in [-0.25, -0.2) is 14.4 Å². The highest BCUT2D eigenvalue weighted by Gasteiger charge is 2.69. The predicted octanol–water partition coefficient (Wildman–Crippen LogP) is 2.16. The third kappa shape index (κ3) is 3.07. The quantitative estimate of drug-likeness (QED) is 0.327. The topological polar surface area (TPSA) is 110 Å². The number of esters is 2. The normalized spacial score (nSPS) is 36.6. The number of carboxylic acid groups (broad SMARTS) is 1. The van der Waals surface area contributed by atoms with Gasteiger partial charge < -0.3 is 19.7 Å². The van der Waals surface area contributed by atoms with Crippen LogP contribution in [0.2, 0.25) is 0 Å². The van der Waals surface area contributed by atoms with Gasteiger partial charge in [-0.2, -0.15) is 0 Å². The van der Waals surface area contributed by atoms with Gasteiger partial charge in [-0.1, -0.05) is 39.3 Å². The summed E-state index contributed by atoms with van der Waals surface area (Å²) in [7, 11) is 0. The van der Waals surface area contributed by atoms with Crippen molar-refractivity contribution in [3.05, 3.63) is 36.0 Å². The maximum atomic E-state index is 12.5. The van der Waals surface area contributed by atoms with Crippen LogP contribution >= 0.6 is 0 Å². The number of hydrogen-bond acceptors (Lipinski definition) is 6. The summed E-state index contributed by atoms with van der Waals surface area (Å²) >= 11 is 0. The number of aliphatic hydroxyl groups is 1. The second-order valence-electron chi connectivity index (χ2n) is 8.67. The molecule has 7 heteroatoms. The van der Waals surface area contributed by atoms with Crippen molar-refractivity contribution in [2.24, 2.45) is 16.7 Å². The lowest BCUT2D eigenvalue weighted by Gasteiger charge is -2.59. The molecule has 0 aromatic rings.